The Morgan fingerprint density at radius 2 is 1.71 bits per heavy atom. The van der Waals surface area contributed by atoms with Crippen molar-refractivity contribution < 1.29 is 9.90 Å². The van der Waals surface area contributed by atoms with Crippen molar-refractivity contribution in [2.45, 2.75) is 31.8 Å². The van der Waals surface area contributed by atoms with Crippen LogP contribution in [0.1, 0.15) is 42.1 Å². The molecule has 0 spiro atoms. The predicted molar refractivity (Wildman–Crippen MR) is 82.2 cm³/mol. The van der Waals surface area contributed by atoms with Crippen LogP contribution in [0.5, 0.6) is 0 Å². The first-order chi connectivity index (χ1) is 10.0. The highest BCUT2D eigenvalue weighted by atomic mass is 16.4. The number of fused-ring (bicyclic) bond motifs is 7. The summed E-state index contributed by atoms with van der Waals surface area (Å²) < 4.78 is 0. The van der Waals surface area contributed by atoms with Crippen molar-refractivity contribution in [1.29, 1.82) is 0 Å². The van der Waals surface area contributed by atoms with Gasteiger partial charge in [-0.05, 0) is 35.6 Å². The molecule has 3 nitrogen and oxygen atoms in total. The maximum atomic E-state index is 9.00. The second kappa shape index (κ2) is 5.01. The Morgan fingerprint density at radius 1 is 1.14 bits per heavy atom. The number of carbonyl (C=O) groups is 1. The van der Waals surface area contributed by atoms with Gasteiger partial charge in [-0.2, -0.15) is 0 Å². The maximum absolute atomic E-state index is 9.00. The zero-order valence-electron chi connectivity index (χ0n) is 12.3. The second-order valence-electron chi connectivity index (χ2n) is 5.79. The molecule has 0 amide bonds. The Hall–Kier alpha value is -2.13. The maximum Gasteiger partial charge on any atom is 0.300 e. The molecule has 0 fully saturated rings. The van der Waals surface area contributed by atoms with Crippen LogP contribution in [0.25, 0.3) is 0 Å². The van der Waals surface area contributed by atoms with Crippen LogP contribution in [-0.2, 0) is 16.8 Å². The van der Waals surface area contributed by atoms with Gasteiger partial charge < -0.3 is 5.11 Å². The summed E-state index contributed by atoms with van der Waals surface area (Å²) >= 11 is 0. The highest BCUT2D eigenvalue weighted by Gasteiger charge is 2.45. The molecule has 0 saturated heterocycles. The average molecular weight is 281 g/mol. The van der Waals surface area contributed by atoms with Gasteiger partial charge in [0, 0.05) is 13.0 Å². The molecule has 3 heteroatoms. The van der Waals surface area contributed by atoms with Gasteiger partial charge in [0.25, 0.3) is 5.97 Å². The minimum atomic E-state index is -0.833. The molecule has 2 heterocycles. The predicted octanol–water partition coefficient (Wildman–Crippen LogP) is 3.24. The summed E-state index contributed by atoms with van der Waals surface area (Å²) in [5, 5.41) is 11.2. The number of hydrogen-bond acceptors (Lipinski definition) is 2. The summed E-state index contributed by atoms with van der Waals surface area (Å²) in [5.74, 6) is -0.833. The van der Waals surface area contributed by atoms with Gasteiger partial charge in [-0.1, -0.05) is 48.5 Å². The van der Waals surface area contributed by atoms with Crippen molar-refractivity contribution in [1.82, 2.24) is 5.32 Å². The summed E-state index contributed by atoms with van der Waals surface area (Å²) in [6, 6.07) is 18.2. The van der Waals surface area contributed by atoms with Crippen molar-refractivity contribution >= 4 is 5.97 Å². The first kappa shape index (κ1) is 13.8. The summed E-state index contributed by atoms with van der Waals surface area (Å²) in [4.78, 5) is 9.00. The Balaban J connectivity index is 0.000000298. The fourth-order valence-corrected chi connectivity index (χ4v) is 3.55. The van der Waals surface area contributed by atoms with Gasteiger partial charge in [0.1, 0.15) is 0 Å². The van der Waals surface area contributed by atoms with Crippen LogP contribution >= 0.6 is 0 Å². The molecule has 21 heavy (non-hydrogen) atoms. The van der Waals surface area contributed by atoms with Crippen LogP contribution in [0.15, 0.2) is 48.5 Å². The summed E-state index contributed by atoms with van der Waals surface area (Å²) in [5.41, 5.74) is 5.88. The number of rotatable bonds is 0. The molecule has 2 aliphatic rings. The number of carboxylic acid groups (broad SMARTS) is 1. The zero-order chi connectivity index (χ0) is 15.0. The number of nitrogens with one attached hydrogen (secondary N) is 1. The Morgan fingerprint density at radius 3 is 2.43 bits per heavy atom. The van der Waals surface area contributed by atoms with E-state index in [9.17, 15) is 0 Å². The summed E-state index contributed by atoms with van der Waals surface area (Å²) in [7, 11) is 0. The van der Waals surface area contributed by atoms with Crippen molar-refractivity contribution in [3.8, 4) is 0 Å². The fraction of sp³-hybridized carbons (Fsp3) is 0.278. The minimum Gasteiger partial charge on any atom is -0.481 e. The normalized spacial score (nSPS) is 24.4. The largest absolute Gasteiger partial charge is 0.481 e. The van der Waals surface area contributed by atoms with Crippen molar-refractivity contribution in [3.05, 3.63) is 70.8 Å². The minimum absolute atomic E-state index is 0.0100. The van der Waals surface area contributed by atoms with Crippen LogP contribution in [0.2, 0.25) is 0 Å². The molecule has 0 aliphatic carbocycles. The SMILES string of the molecule is CC(=O)O.CC12NC(Cc3ccccc31)c1ccccc12. The quantitative estimate of drug-likeness (QED) is 0.779. The van der Waals surface area contributed by atoms with Gasteiger partial charge in [-0.25, -0.2) is 0 Å². The van der Waals surface area contributed by atoms with E-state index in [-0.39, 0.29) is 5.54 Å². The van der Waals surface area contributed by atoms with E-state index in [0.29, 0.717) is 6.04 Å². The van der Waals surface area contributed by atoms with E-state index in [4.69, 9.17) is 9.90 Å². The van der Waals surface area contributed by atoms with Gasteiger partial charge in [0.2, 0.25) is 0 Å². The van der Waals surface area contributed by atoms with Crippen molar-refractivity contribution in [2.75, 3.05) is 0 Å². The Kier molecular flexibility index (Phi) is 3.30. The smallest absolute Gasteiger partial charge is 0.300 e. The molecule has 2 aliphatic heterocycles. The summed E-state index contributed by atoms with van der Waals surface area (Å²) in [6.07, 6.45) is 1.11. The van der Waals surface area contributed by atoms with Gasteiger partial charge in [0.05, 0.1) is 5.54 Å². The van der Waals surface area contributed by atoms with E-state index in [2.05, 4.69) is 60.8 Å². The zero-order valence-corrected chi connectivity index (χ0v) is 12.3. The third-order valence-corrected chi connectivity index (χ3v) is 4.32. The highest BCUT2D eigenvalue weighted by molar-refractivity contribution is 5.63. The number of benzene rings is 2. The summed E-state index contributed by atoms with van der Waals surface area (Å²) in [6.45, 7) is 3.39. The fourth-order valence-electron chi connectivity index (χ4n) is 3.55. The molecule has 2 atom stereocenters. The van der Waals surface area contributed by atoms with Crippen LogP contribution in [-0.4, -0.2) is 11.1 Å². The van der Waals surface area contributed by atoms with Crippen LogP contribution in [0, 0.1) is 0 Å². The van der Waals surface area contributed by atoms with E-state index in [0.717, 1.165) is 13.3 Å². The lowest BCUT2D eigenvalue weighted by Crippen LogP contribution is -2.41. The Bertz CT molecular complexity index is 678. The third kappa shape index (κ3) is 2.24. The molecule has 2 aromatic rings. The molecule has 0 radical (unpaired) electrons. The monoisotopic (exact) mass is 281 g/mol. The van der Waals surface area contributed by atoms with Gasteiger partial charge in [0.15, 0.2) is 0 Å². The number of hydrogen-bond donors (Lipinski definition) is 2. The number of aliphatic carboxylic acids is 1. The standard InChI is InChI=1S/C16H15N.C2H4O2/c1-16-13-8-4-2-6-11(13)10-15(17-16)12-7-3-5-9-14(12)16;1-2(3)4/h2-9,15,17H,10H2,1H3;1H3,(H,3,4). The Labute approximate surface area is 124 Å². The molecular formula is C18H19NO2. The highest BCUT2D eigenvalue weighted by Crippen LogP contribution is 2.47. The third-order valence-electron chi connectivity index (χ3n) is 4.32. The van der Waals surface area contributed by atoms with E-state index in [1.165, 1.54) is 22.3 Å². The molecule has 2 N–H and O–H groups in total. The lowest BCUT2D eigenvalue weighted by Gasteiger charge is -2.34. The lowest BCUT2D eigenvalue weighted by molar-refractivity contribution is -0.134. The molecule has 2 aromatic carbocycles. The van der Waals surface area contributed by atoms with Gasteiger partial charge in [-0.15, -0.1) is 0 Å². The van der Waals surface area contributed by atoms with Crippen molar-refractivity contribution in [3.63, 3.8) is 0 Å². The topological polar surface area (TPSA) is 49.3 Å². The molecule has 2 bridgehead atoms. The van der Waals surface area contributed by atoms with E-state index >= 15 is 0 Å². The molecule has 108 valence electrons. The van der Waals surface area contributed by atoms with Gasteiger partial charge in [-0.3, -0.25) is 10.1 Å². The number of carboxylic acids is 1. The van der Waals surface area contributed by atoms with Crippen LogP contribution in [0.4, 0.5) is 0 Å². The van der Waals surface area contributed by atoms with Gasteiger partial charge >= 0.3 is 0 Å². The van der Waals surface area contributed by atoms with E-state index < -0.39 is 5.97 Å². The lowest BCUT2D eigenvalue weighted by atomic mass is 9.82. The molecule has 2 unspecified atom stereocenters. The second-order valence-corrected chi connectivity index (χ2v) is 5.79. The van der Waals surface area contributed by atoms with E-state index in [1.54, 1.807) is 0 Å². The van der Waals surface area contributed by atoms with Crippen LogP contribution in [0.3, 0.4) is 0 Å². The van der Waals surface area contributed by atoms with Crippen LogP contribution < -0.4 is 5.32 Å². The van der Waals surface area contributed by atoms with E-state index in [1.807, 2.05) is 0 Å². The first-order valence-electron chi connectivity index (χ1n) is 7.17. The average Bonchev–Trinajstić information content (AvgIpc) is 2.69. The molecule has 0 saturated carbocycles. The van der Waals surface area contributed by atoms with Crippen molar-refractivity contribution in [2.24, 2.45) is 0 Å². The molecule has 4 rings (SSSR count). The molecular weight excluding hydrogens is 262 g/mol. The first-order valence-corrected chi connectivity index (χ1v) is 7.17. The molecule has 0 aromatic heterocycles.